The molecule has 1 amide bonds. The molecular formula is C25H28N2O4. The maximum Gasteiger partial charge on any atom is 0.257 e. The summed E-state index contributed by atoms with van der Waals surface area (Å²) in [6.45, 7) is 7.67. The number of pyridine rings is 1. The van der Waals surface area contributed by atoms with Gasteiger partial charge in [0.15, 0.2) is 11.5 Å². The second-order valence-electron chi connectivity index (χ2n) is 7.44. The lowest BCUT2D eigenvalue weighted by Gasteiger charge is -2.15. The van der Waals surface area contributed by atoms with Crippen molar-refractivity contribution < 1.29 is 19.0 Å². The number of anilines is 1. The lowest BCUT2D eigenvalue weighted by atomic mass is 10.1. The van der Waals surface area contributed by atoms with Crippen LogP contribution in [0.2, 0.25) is 0 Å². The number of nitrogens with zero attached hydrogens (tertiary/aromatic N) is 1. The standard InChI is InChI=1S/C25H28N2O4/c1-16(2)30-23-8-6-7-9-24(23)31-20-12-10-19(11-13-20)27-25(28)21-14-15-22(18(4)29-5)26-17(21)3/h6-16,18H,1-5H3,(H,27,28). The van der Waals surface area contributed by atoms with Crippen molar-refractivity contribution in [2.24, 2.45) is 0 Å². The van der Waals surface area contributed by atoms with E-state index < -0.39 is 0 Å². The first-order chi connectivity index (χ1) is 14.9. The molecule has 1 unspecified atom stereocenters. The van der Waals surface area contributed by atoms with Gasteiger partial charge in [-0.15, -0.1) is 0 Å². The molecule has 162 valence electrons. The van der Waals surface area contributed by atoms with Crippen molar-refractivity contribution in [1.29, 1.82) is 0 Å². The minimum atomic E-state index is -0.217. The van der Waals surface area contributed by atoms with Crippen LogP contribution >= 0.6 is 0 Å². The number of rotatable bonds is 8. The number of carbonyl (C=O) groups excluding carboxylic acids is 1. The van der Waals surface area contributed by atoms with Gasteiger partial charge in [-0.3, -0.25) is 9.78 Å². The number of para-hydroxylation sites is 2. The fraction of sp³-hybridized carbons (Fsp3) is 0.280. The van der Waals surface area contributed by atoms with Crippen molar-refractivity contribution in [2.45, 2.75) is 39.9 Å². The summed E-state index contributed by atoms with van der Waals surface area (Å²) < 4.78 is 17.0. The van der Waals surface area contributed by atoms with Crippen LogP contribution in [0.15, 0.2) is 60.7 Å². The van der Waals surface area contributed by atoms with E-state index in [0.717, 1.165) is 5.69 Å². The molecule has 6 heteroatoms. The van der Waals surface area contributed by atoms with Crippen LogP contribution in [-0.4, -0.2) is 24.1 Å². The van der Waals surface area contributed by atoms with Gasteiger partial charge in [-0.25, -0.2) is 0 Å². The molecule has 0 radical (unpaired) electrons. The first-order valence-corrected chi connectivity index (χ1v) is 10.2. The van der Waals surface area contributed by atoms with Crippen LogP contribution in [0.5, 0.6) is 17.2 Å². The summed E-state index contributed by atoms with van der Waals surface area (Å²) in [5, 5.41) is 2.90. The zero-order valence-corrected chi connectivity index (χ0v) is 18.5. The molecule has 0 saturated heterocycles. The molecule has 6 nitrogen and oxygen atoms in total. The van der Waals surface area contributed by atoms with E-state index in [0.29, 0.717) is 34.2 Å². The zero-order chi connectivity index (χ0) is 22.4. The molecule has 0 bridgehead atoms. The minimum Gasteiger partial charge on any atom is -0.487 e. The number of hydrogen-bond acceptors (Lipinski definition) is 5. The molecule has 1 aromatic heterocycles. The van der Waals surface area contributed by atoms with Crippen LogP contribution in [0.3, 0.4) is 0 Å². The van der Waals surface area contributed by atoms with Crippen LogP contribution in [0, 0.1) is 6.92 Å². The largest absolute Gasteiger partial charge is 0.487 e. The number of hydrogen-bond donors (Lipinski definition) is 1. The van der Waals surface area contributed by atoms with Crippen molar-refractivity contribution in [2.75, 3.05) is 12.4 Å². The summed E-state index contributed by atoms with van der Waals surface area (Å²) in [5.41, 5.74) is 2.63. The molecule has 0 fully saturated rings. The van der Waals surface area contributed by atoms with Crippen LogP contribution < -0.4 is 14.8 Å². The van der Waals surface area contributed by atoms with E-state index in [1.54, 1.807) is 37.4 Å². The van der Waals surface area contributed by atoms with E-state index in [4.69, 9.17) is 14.2 Å². The van der Waals surface area contributed by atoms with E-state index in [-0.39, 0.29) is 18.1 Å². The quantitative estimate of drug-likeness (QED) is 0.489. The Morgan fingerprint density at radius 3 is 2.23 bits per heavy atom. The summed E-state index contributed by atoms with van der Waals surface area (Å²) in [6, 6.07) is 18.3. The summed E-state index contributed by atoms with van der Waals surface area (Å²) in [6.07, 6.45) is -0.0773. The molecular weight excluding hydrogens is 392 g/mol. The number of ether oxygens (including phenoxy) is 3. The maximum atomic E-state index is 12.7. The normalized spacial score (nSPS) is 11.8. The Bertz CT molecular complexity index is 1030. The number of nitrogens with one attached hydrogen (secondary N) is 1. The molecule has 1 N–H and O–H groups in total. The second kappa shape index (κ2) is 10.1. The smallest absolute Gasteiger partial charge is 0.257 e. The Hall–Kier alpha value is -3.38. The molecule has 1 heterocycles. The lowest BCUT2D eigenvalue weighted by Crippen LogP contribution is -2.15. The van der Waals surface area contributed by atoms with Crippen molar-refractivity contribution >= 4 is 11.6 Å². The van der Waals surface area contributed by atoms with Crippen molar-refractivity contribution in [3.05, 3.63) is 77.6 Å². The molecule has 0 aliphatic carbocycles. The molecule has 0 aliphatic rings. The third-order valence-electron chi connectivity index (χ3n) is 4.67. The highest BCUT2D eigenvalue weighted by Crippen LogP contribution is 2.32. The van der Waals surface area contributed by atoms with E-state index in [1.807, 2.05) is 58.0 Å². The highest BCUT2D eigenvalue weighted by Gasteiger charge is 2.14. The van der Waals surface area contributed by atoms with Gasteiger partial charge in [-0.2, -0.15) is 0 Å². The molecule has 0 saturated carbocycles. The van der Waals surface area contributed by atoms with Crippen LogP contribution in [0.25, 0.3) is 0 Å². The first-order valence-electron chi connectivity index (χ1n) is 10.2. The zero-order valence-electron chi connectivity index (χ0n) is 18.5. The Kier molecular flexibility index (Phi) is 7.26. The van der Waals surface area contributed by atoms with E-state index in [2.05, 4.69) is 10.3 Å². The molecule has 3 rings (SSSR count). The fourth-order valence-electron chi connectivity index (χ4n) is 2.99. The van der Waals surface area contributed by atoms with Crippen molar-refractivity contribution in [3.63, 3.8) is 0 Å². The number of methoxy groups -OCH3 is 1. The summed E-state index contributed by atoms with van der Waals surface area (Å²) in [5.74, 6) is 1.75. The van der Waals surface area contributed by atoms with Crippen LogP contribution in [0.4, 0.5) is 5.69 Å². The minimum absolute atomic E-state index is 0.0482. The van der Waals surface area contributed by atoms with Gasteiger partial charge in [0.1, 0.15) is 5.75 Å². The molecule has 2 aromatic carbocycles. The average molecular weight is 421 g/mol. The second-order valence-corrected chi connectivity index (χ2v) is 7.44. The van der Waals surface area contributed by atoms with Gasteiger partial charge in [0, 0.05) is 12.8 Å². The van der Waals surface area contributed by atoms with Gasteiger partial charge in [0.25, 0.3) is 5.91 Å². The number of aryl methyl sites for hydroxylation is 1. The summed E-state index contributed by atoms with van der Waals surface area (Å²) in [7, 11) is 1.63. The van der Waals surface area contributed by atoms with Gasteiger partial charge in [-0.1, -0.05) is 12.1 Å². The SMILES string of the molecule is COC(C)c1ccc(C(=O)Nc2ccc(Oc3ccccc3OC(C)C)cc2)c(C)n1. The van der Waals surface area contributed by atoms with Gasteiger partial charge >= 0.3 is 0 Å². The van der Waals surface area contributed by atoms with E-state index >= 15 is 0 Å². The first kappa shape index (κ1) is 22.3. The summed E-state index contributed by atoms with van der Waals surface area (Å²) in [4.78, 5) is 17.2. The molecule has 31 heavy (non-hydrogen) atoms. The highest BCUT2D eigenvalue weighted by molar-refractivity contribution is 6.05. The number of carbonyl (C=O) groups is 1. The number of aromatic nitrogens is 1. The Morgan fingerprint density at radius 2 is 1.61 bits per heavy atom. The van der Waals surface area contributed by atoms with Gasteiger partial charge in [0.05, 0.1) is 29.2 Å². The fourth-order valence-corrected chi connectivity index (χ4v) is 2.99. The Balaban J connectivity index is 1.68. The van der Waals surface area contributed by atoms with E-state index in [1.165, 1.54) is 0 Å². The van der Waals surface area contributed by atoms with Crippen LogP contribution in [-0.2, 0) is 4.74 Å². The predicted molar refractivity (Wildman–Crippen MR) is 121 cm³/mol. The van der Waals surface area contributed by atoms with Crippen LogP contribution in [0.1, 0.15) is 48.6 Å². The number of amides is 1. The van der Waals surface area contributed by atoms with Gasteiger partial charge in [0.2, 0.25) is 0 Å². The molecule has 0 spiro atoms. The predicted octanol–water partition coefficient (Wildman–Crippen LogP) is 5.93. The monoisotopic (exact) mass is 420 g/mol. The molecule has 3 aromatic rings. The lowest BCUT2D eigenvalue weighted by molar-refractivity contribution is 0.102. The topological polar surface area (TPSA) is 69.7 Å². The molecule has 0 aliphatic heterocycles. The third-order valence-corrected chi connectivity index (χ3v) is 4.67. The van der Waals surface area contributed by atoms with Gasteiger partial charge in [-0.05, 0) is 76.2 Å². The third kappa shape index (κ3) is 5.83. The highest BCUT2D eigenvalue weighted by atomic mass is 16.5. The summed E-state index contributed by atoms with van der Waals surface area (Å²) >= 11 is 0. The maximum absolute atomic E-state index is 12.7. The van der Waals surface area contributed by atoms with Crippen molar-refractivity contribution in [1.82, 2.24) is 4.98 Å². The average Bonchev–Trinajstić information content (AvgIpc) is 2.75. The van der Waals surface area contributed by atoms with E-state index in [9.17, 15) is 4.79 Å². The van der Waals surface area contributed by atoms with Crippen molar-refractivity contribution in [3.8, 4) is 17.2 Å². The number of benzene rings is 2. The Labute approximate surface area is 183 Å². The Morgan fingerprint density at radius 1 is 0.935 bits per heavy atom. The van der Waals surface area contributed by atoms with Gasteiger partial charge < -0.3 is 19.5 Å². The molecule has 1 atom stereocenters.